The third-order valence-corrected chi connectivity index (χ3v) is 12.1. The smallest absolute Gasteiger partial charge is 0.550 e. The molecule has 72 heavy (non-hydrogen) atoms. The molecule has 0 aromatic carbocycles. The first-order valence-electron chi connectivity index (χ1n) is 27.5. The summed E-state index contributed by atoms with van der Waals surface area (Å²) in [6, 6.07) is 0. The van der Waals surface area contributed by atoms with Crippen LogP contribution in [-0.4, -0.2) is 50.2 Å². The Kier molecular flexibility index (Phi) is 84.2. The van der Waals surface area contributed by atoms with Crippen LogP contribution in [0, 0.1) is 41.4 Å². The van der Waals surface area contributed by atoms with Crippen molar-refractivity contribution in [3.8, 4) is 0 Å². The van der Waals surface area contributed by atoms with Crippen molar-refractivity contribution in [3.63, 3.8) is 0 Å². The van der Waals surface area contributed by atoms with Crippen molar-refractivity contribution in [2.75, 3.05) is 0 Å². The Bertz CT molecular complexity index is 967. The predicted octanol–water partition coefficient (Wildman–Crippen LogP) is 6.29. The quantitative estimate of drug-likeness (QED) is 0.0631. The van der Waals surface area contributed by atoms with Crippen LogP contribution in [0.4, 0.5) is 0 Å². The van der Waals surface area contributed by atoms with E-state index in [1.807, 2.05) is 48.5 Å². The molecule has 7 atom stereocenters. The standard InChI is InChI=1S/7C8H16O2.B.Zr/c7*1-3-5-6-7(4-2)8(9)10;;/h7*7H,3-6H2,1-2H3,(H,9,10);;/q;;;;;;;+3;+4/p-7. The van der Waals surface area contributed by atoms with Gasteiger partial charge >= 0.3 is 34.6 Å². The van der Waals surface area contributed by atoms with Crippen LogP contribution in [-0.2, 0) is 59.8 Å². The normalized spacial score (nSPS) is 12.6. The van der Waals surface area contributed by atoms with Gasteiger partial charge in [-0.25, -0.2) is 0 Å². The van der Waals surface area contributed by atoms with Crippen LogP contribution in [0.2, 0.25) is 0 Å². The third kappa shape index (κ3) is 65.3. The number of carboxylic acid groups (broad SMARTS) is 7. The van der Waals surface area contributed by atoms with Crippen molar-refractivity contribution in [3.05, 3.63) is 0 Å². The van der Waals surface area contributed by atoms with E-state index in [0.717, 1.165) is 135 Å². The zero-order valence-electron chi connectivity index (χ0n) is 48.1. The van der Waals surface area contributed by atoms with E-state index in [9.17, 15) is 69.3 Å². The molecule has 7 unspecified atom stereocenters. The third-order valence-electron chi connectivity index (χ3n) is 12.1. The first-order valence-corrected chi connectivity index (χ1v) is 27.5. The molecule has 0 heterocycles. The first kappa shape index (κ1) is 88.8. The molecule has 0 saturated carbocycles. The van der Waals surface area contributed by atoms with Gasteiger partial charge in [-0.1, -0.05) is 187 Å². The zero-order valence-corrected chi connectivity index (χ0v) is 50.6. The number of rotatable bonds is 35. The van der Waals surface area contributed by atoms with Gasteiger partial charge in [-0.2, -0.15) is 0 Å². The van der Waals surface area contributed by atoms with Gasteiger partial charge in [0.2, 0.25) is 0 Å². The Morgan fingerprint density at radius 2 is 0.319 bits per heavy atom. The second kappa shape index (κ2) is 68.2. The molecule has 0 amide bonds. The van der Waals surface area contributed by atoms with E-state index in [1.54, 1.807) is 0 Å². The maximum atomic E-state index is 10.3. The van der Waals surface area contributed by atoms with E-state index < -0.39 is 41.8 Å². The van der Waals surface area contributed by atoms with E-state index in [-0.39, 0.29) is 76.0 Å². The molecule has 16 heteroatoms. The van der Waals surface area contributed by atoms with Gasteiger partial charge in [0.1, 0.15) is 0 Å². The van der Waals surface area contributed by atoms with Crippen molar-refractivity contribution in [1.82, 2.24) is 0 Å². The van der Waals surface area contributed by atoms with E-state index in [4.69, 9.17) is 0 Å². The number of carbonyl (C=O) groups excluding carboxylic acids is 7. The van der Waals surface area contributed by atoms with Gasteiger partial charge < -0.3 is 69.3 Å². The van der Waals surface area contributed by atoms with Crippen molar-refractivity contribution >= 4 is 50.2 Å². The molecule has 0 fully saturated rings. The zero-order chi connectivity index (χ0) is 55.9. The summed E-state index contributed by atoms with van der Waals surface area (Å²) in [5.74, 6) is -7.80. The molecular formula is C56H105BO14Zr. The summed E-state index contributed by atoms with van der Waals surface area (Å²) < 4.78 is 0. The summed E-state index contributed by atoms with van der Waals surface area (Å²) in [6.45, 7) is 27.6. The predicted molar refractivity (Wildman–Crippen MR) is 274 cm³/mol. The molecule has 0 aromatic heterocycles. The van der Waals surface area contributed by atoms with Crippen LogP contribution >= 0.6 is 0 Å². The molecular weight excluding hydrogens is 999 g/mol. The molecule has 0 aliphatic carbocycles. The number of carboxylic acids is 7. The molecule has 420 valence electrons. The van der Waals surface area contributed by atoms with Gasteiger partial charge in [0.05, 0.1) is 0 Å². The van der Waals surface area contributed by atoms with E-state index in [0.29, 0.717) is 44.9 Å². The molecule has 0 aliphatic rings. The Labute approximate surface area is 461 Å². The number of unbranched alkanes of at least 4 members (excludes halogenated alkanes) is 7. The van der Waals surface area contributed by atoms with Crippen molar-refractivity contribution in [1.29, 1.82) is 0 Å². The van der Waals surface area contributed by atoms with Crippen LogP contribution in [0.15, 0.2) is 0 Å². The minimum Gasteiger partial charge on any atom is -0.550 e. The number of hydrogen-bond acceptors (Lipinski definition) is 14. The van der Waals surface area contributed by atoms with Crippen molar-refractivity contribution in [2.45, 2.75) is 277 Å². The van der Waals surface area contributed by atoms with Crippen molar-refractivity contribution in [2.24, 2.45) is 41.4 Å². The van der Waals surface area contributed by atoms with Gasteiger partial charge in [0.15, 0.2) is 0 Å². The molecule has 14 nitrogen and oxygen atoms in total. The van der Waals surface area contributed by atoms with Crippen LogP contribution in [0.3, 0.4) is 0 Å². The fraction of sp³-hybridized carbons (Fsp3) is 0.875. The molecule has 0 rings (SSSR count). The summed E-state index contributed by atoms with van der Waals surface area (Å²) in [5, 5.41) is 72.3. The van der Waals surface area contributed by atoms with Gasteiger partial charge in [0, 0.05) is 41.8 Å². The fourth-order valence-corrected chi connectivity index (χ4v) is 6.57. The average Bonchev–Trinajstić information content (AvgIpc) is 3.31. The molecule has 0 N–H and O–H groups in total. The summed E-state index contributed by atoms with van der Waals surface area (Å²) >= 11 is 0. The van der Waals surface area contributed by atoms with Crippen molar-refractivity contribution < 1.29 is 95.5 Å². The van der Waals surface area contributed by atoms with Gasteiger partial charge in [-0.15, -0.1) is 0 Å². The molecule has 0 bridgehead atoms. The molecule has 0 spiro atoms. The molecule has 0 aliphatic heterocycles. The summed E-state index contributed by atoms with van der Waals surface area (Å²) in [7, 11) is 0. The fourth-order valence-electron chi connectivity index (χ4n) is 6.57. The monoisotopic (exact) mass is 1100 g/mol. The second-order valence-electron chi connectivity index (χ2n) is 18.0. The number of carbonyl (C=O) groups is 7. The largest absolute Gasteiger partial charge is 4.00 e. The number of hydrogen-bond donors (Lipinski definition) is 0. The minimum absolute atomic E-state index is 0. The van der Waals surface area contributed by atoms with Crippen LogP contribution in [0.5, 0.6) is 0 Å². The summed E-state index contributed by atoms with van der Waals surface area (Å²) in [4.78, 5) is 72.3. The van der Waals surface area contributed by atoms with E-state index in [2.05, 4.69) is 48.5 Å². The van der Waals surface area contributed by atoms with E-state index in [1.165, 1.54) is 0 Å². The molecule has 0 radical (unpaired) electrons. The maximum absolute atomic E-state index is 10.3. The summed E-state index contributed by atoms with van der Waals surface area (Å²) in [6.07, 6.45) is 24.7. The number of aliphatic carboxylic acids is 7. The average molecular weight is 1100 g/mol. The Balaban J connectivity index is -0.0000000915. The Morgan fingerprint density at radius 3 is 0.361 bits per heavy atom. The van der Waals surface area contributed by atoms with Gasteiger partial charge in [-0.05, 0) is 131 Å². The van der Waals surface area contributed by atoms with Gasteiger partial charge in [-0.3, -0.25) is 0 Å². The SMILES string of the molecule is CCCCC(CC)C(=O)[O-].CCCCC(CC)C(=O)[O-].CCCCC(CC)C(=O)[O-].CCCCC(CC)C(=O)[O-].CCCCC(CC)C(=O)[O-].CCCCC(CC)C(=O)[O-].CCCCC(CC)C(=O)[O-].[B+3].[Zr+4]. The van der Waals surface area contributed by atoms with E-state index >= 15 is 0 Å². The second-order valence-corrected chi connectivity index (χ2v) is 18.0. The first-order chi connectivity index (χ1) is 33.0. The van der Waals surface area contributed by atoms with Crippen LogP contribution in [0.25, 0.3) is 0 Å². The minimum atomic E-state index is -0.893. The van der Waals surface area contributed by atoms with Crippen LogP contribution in [0.1, 0.15) is 277 Å². The summed E-state index contributed by atoms with van der Waals surface area (Å²) in [5.41, 5.74) is 0. The molecule has 0 aromatic rings. The maximum Gasteiger partial charge on any atom is 4.00 e. The molecule has 0 saturated heterocycles. The van der Waals surface area contributed by atoms with Gasteiger partial charge in [0.25, 0.3) is 0 Å². The van der Waals surface area contributed by atoms with Crippen LogP contribution < -0.4 is 35.7 Å². The topological polar surface area (TPSA) is 281 Å². The Morgan fingerprint density at radius 1 is 0.236 bits per heavy atom. The Hall–Kier alpha value is -2.76.